The normalized spacial score (nSPS) is 10.3. The van der Waals surface area contributed by atoms with Crippen molar-refractivity contribution in [2.45, 2.75) is 6.61 Å². The topological polar surface area (TPSA) is 89.3 Å². The van der Waals surface area contributed by atoms with Crippen LogP contribution in [0.4, 0.5) is 16.2 Å². The van der Waals surface area contributed by atoms with E-state index in [-0.39, 0.29) is 12.6 Å². The molecule has 144 valence electrons. The Morgan fingerprint density at radius 3 is 2.34 bits per heavy atom. The van der Waals surface area contributed by atoms with Gasteiger partial charge in [-0.25, -0.2) is 4.79 Å². The van der Waals surface area contributed by atoms with Crippen LogP contribution in [0.5, 0.6) is 5.75 Å². The molecule has 0 bridgehead atoms. The maximum Gasteiger partial charge on any atom is 0.323 e. The molecule has 1 heterocycles. The van der Waals surface area contributed by atoms with Gasteiger partial charge in [0.15, 0.2) is 6.61 Å². The average Bonchev–Trinajstić information content (AvgIpc) is 3.23. The lowest BCUT2D eigenvalue weighted by molar-refractivity contribution is 0.262. The number of amides is 2. The summed E-state index contributed by atoms with van der Waals surface area (Å²) in [7, 11) is 0. The Labute approximate surface area is 167 Å². The summed E-state index contributed by atoms with van der Waals surface area (Å²) < 4.78 is 11.0. The lowest BCUT2D eigenvalue weighted by Gasteiger charge is -2.09. The van der Waals surface area contributed by atoms with Crippen LogP contribution in [0.2, 0.25) is 0 Å². The minimum atomic E-state index is -0.365. The van der Waals surface area contributed by atoms with Gasteiger partial charge in [-0.1, -0.05) is 53.7 Å². The summed E-state index contributed by atoms with van der Waals surface area (Å²) in [6, 6.07) is 25.4. The number of para-hydroxylation sites is 3. The first kappa shape index (κ1) is 18.2. The second-order valence-electron chi connectivity index (χ2n) is 6.11. The van der Waals surface area contributed by atoms with Crippen LogP contribution >= 0.6 is 0 Å². The average molecular weight is 386 g/mol. The standard InChI is InChI=1S/C22H18N4O3/c27-22(23-16-9-3-1-4-10-16)24-19-14-8-7-13-18(19)21-25-20(26-29-21)15-28-17-11-5-2-6-12-17/h1-14H,15H2,(H2,23,24,27). The maximum absolute atomic E-state index is 12.3. The Hall–Kier alpha value is -4.13. The molecule has 2 N–H and O–H groups in total. The monoisotopic (exact) mass is 386 g/mol. The Bertz CT molecular complexity index is 1080. The zero-order valence-electron chi connectivity index (χ0n) is 15.4. The molecule has 3 aromatic carbocycles. The third-order valence-corrected chi connectivity index (χ3v) is 4.02. The molecule has 7 heteroatoms. The number of nitrogens with one attached hydrogen (secondary N) is 2. The quantitative estimate of drug-likeness (QED) is 0.489. The number of urea groups is 1. The number of carbonyl (C=O) groups is 1. The van der Waals surface area contributed by atoms with Crippen molar-refractivity contribution >= 4 is 17.4 Å². The highest BCUT2D eigenvalue weighted by atomic mass is 16.5. The predicted octanol–water partition coefficient (Wildman–Crippen LogP) is 4.96. The molecule has 1 aromatic heterocycles. The second kappa shape index (κ2) is 8.71. The minimum Gasteiger partial charge on any atom is -0.485 e. The van der Waals surface area contributed by atoms with Crippen molar-refractivity contribution < 1.29 is 14.1 Å². The van der Waals surface area contributed by atoms with Crippen LogP contribution in [-0.4, -0.2) is 16.2 Å². The largest absolute Gasteiger partial charge is 0.485 e. The molecule has 0 aliphatic carbocycles. The number of anilines is 2. The van der Waals surface area contributed by atoms with E-state index in [2.05, 4.69) is 20.8 Å². The number of hydrogen-bond acceptors (Lipinski definition) is 5. The Morgan fingerprint density at radius 1 is 0.862 bits per heavy atom. The van der Waals surface area contributed by atoms with Gasteiger partial charge >= 0.3 is 6.03 Å². The van der Waals surface area contributed by atoms with E-state index in [0.717, 1.165) is 5.75 Å². The highest BCUT2D eigenvalue weighted by Gasteiger charge is 2.15. The number of ether oxygens (including phenoxy) is 1. The van der Waals surface area contributed by atoms with Gasteiger partial charge in [-0.05, 0) is 36.4 Å². The SMILES string of the molecule is O=C(Nc1ccccc1)Nc1ccccc1-c1nc(COc2ccccc2)no1. The van der Waals surface area contributed by atoms with E-state index >= 15 is 0 Å². The van der Waals surface area contributed by atoms with Crippen LogP contribution in [0.3, 0.4) is 0 Å². The summed E-state index contributed by atoms with van der Waals surface area (Å²) in [6.07, 6.45) is 0. The van der Waals surface area contributed by atoms with Gasteiger partial charge in [0, 0.05) is 5.69 Å². The first-order chi connectivity index (χ1) is 14.3. The van der Waals surface area contributed by atoms with Crippen LogP contribution in [0.1, 0.15) is 5.82 Å². The smallest absolute Gasteiger partial charge is 0.323 e. The van der Waals surface area contributed by atoms with Crippen molar-refractivity contribution in [3.8, 4) is 17.2 Å². The lowest BCUT2D eigenvalue weighted by Crippen LogP contribution is -2.19. The third-order valence-electron chi connectivity index (χ3n) is 4.02. The molecule has 4 rings (SSSR count). The zero-order valence-corrected chi connectivity index (χ0v) is 15.4. The molecule has 0 saturated carbocycles. The summed E-state index contributed by atoms with van der Waals surface area (Å²) >= 11 is 0. The highest BCUT2D eigenvalue weighted by molar-refractivity contribution is 6.01. The van der Waals surface area contributed by atoms with E-state index in [9.17, 15) is 4.79 Å². The fourth-order valence-electron chi connectivity index (χ4n) is 2.67. The number of hydrogen-bond donors (Lipinski definition) is 2. The van der Waals surface area contributed by atoms with Gasteiger partial charge in [0.25, 0.3) is 5.89 Å². The van der Waals surface area contributed by atoms with Crippen LogP contribution in [0, 0.1) is 0 Å². The summed E-state index contributed by atoms with van der Waals surface area (Å²) in [5, 5.41) is 9.55. The van der Waals surface area contributed by atoms with Gasteiger partial charge in [-0.15, -0.1) is 0 Å². The fourth-order valence-corrected chi connectivity index (χ4v) is 2.67. The summed E-state index contributed by atoms with van der Waals surface area (Å²) in [5.74, 6) is 1.43. The Kier molecular flexibility index (Phi) is 5.48. The summed E-state index contributed by atoms with van der Waals surface area (Å²) in [5.41, 5.74) is 1.87. The maximum atomic E-state index is 12.3. The number of benzene rings is 3. The first-order valence-corrected chi connectivity index (χ1v) is 9.01. The minimum absolute atomic E-state index is 0.178. The Morgan fingerprint density at radius 2 is 1.55 bits per heavy atom. The molecule has 0 atom stereocenters. The molecule has 0 unspecified atom stereocenters. The molecule has 7 nitrogen and oxygen atoms in total. The summed E-state index contributed by atoms with van der Waals surface area (Å²) in [6.45, 7) is 0.178. The Balaban J connectivity index is 1.45. The van der Waals surface area contributed by atoms with Gasteiger partial charge in [-0.2, -0.15) is 4.98 Å². The van der Waals surface area contributed by atoms with Gasteiger partial charge in [0.2, 0.25) is 5.82 Å². The van der Waals surface area contributed by atoms with Crippen molar-refractivity contribution in [2.24, 2.45) is 0 Å². The molecule has 29 heavy (non-hydrogen) atoms. The molecule has 0 spiro atoms. The predicted molar refractivity (Wildman–Crippen MR) is 110 cm³/mol. The van der Waals surface area contributed by atoms with E-state index in [1.165, 1.54) is 0 Å². The van der Waals surface area contributed by atoms with E-state index in [4.69, 9.17) is 9.26 Å². The number of rotatable bonds is 6. The highest BCUT2D eigenvalue weighted by Crippen LogP contribution is 2.26. The van der Waals surface area contributed by atoms with Crippen molar-refractivity contribution in [1.82, 2.24) is 10.1 Å². The molecule has 0 radical (unpaired) electrons. The van der Waals surface area contributed by atoms with E-state index < -0.39 is 0 Å². The van der Waals surface area contributed by atoms with Crippen LogP contribution < -0.4 is 15.4 Å². The van der Waals surface area contributed by atoms with Gasteiger partial charge in [-0.3, -0.25) is 0 Å². The lowest BCUT2D eigenvalue weighted by atomic mass is 10.2. The first-order valence-electron chi connectivity index (χ1n) is 9.01. The van der Waals surface area contributed by atoms with E-state index in [0.29, 0.717) is 28.7 Å². The zero-order chi connectivity index (χ0) is 19.9. The van der Waals surface area contributed by atoms with Crippen molar-refractivity contribution in [3.05, 3.63) is 90.8 Å². The number of nitrogens with zero attached hydrogens (tertiary/aromatic N) is 2. The van der Waals surface area contributed by atoms with Crippen molar-refractivity contribution in [3.63, 3.8) is 0 Å². The molecule has 4 aromatic rings. The van der Waals surface area contributed by atoms with Gasteiger partial charge in [0.05, 0.1) is 11.3 Å². The molecule has 0 fully saturated rings. The van der Waals surface area contributed by atoms with Crippen LogP contribution in [0.25, 0.3) is 11.5 Å². The molecular weight excluding hydrogens is 368 g/mol. The summed E-state index contributed by atoms with van der Waals surface area (Å²) in [4.78, 5) is 16.7. The van der Waals surface area contributed by atoms with Gasteiger partial charge < -0.3 is 19.9 Å². The van der Waals surface area contributed by atoms with Gasteiger partial charge in [0.1, 0.15) is 5.75 Å². The van der Waals surface area contributed by atoms with Crippen molar-refractivity contribution in [1.29, 1.82) is 0 Å². The molecule has 0 aliphatic heterocycles. The molecule has 2 amide bonds. The number of aromatic nitrogens is 2. The molecular formula is C22H18N4O3. The van der Waals surface area contributed by atoms with E-state index in [1.54, 1.807) is 12.1 Å². The molecule has 0 saturated heterocycles. The van der Waals surface area contributed by atoms with E-state index in [1.807, 2.05) is 72.8 Å². The third kappa shape index (κ3) is 4.78. The number of carbonyl (C=O) groups excluding carboxylic acids is 1. The van der Waals surface area contributed by atoms with Crippen molar-refractivity contribution in [2.75, 3.05) is 10.6 Å². The van der Waals surface area contributed by atoms with Crippen LogP contribution in [-0.2, 0) is 6.61 Å². The molecule has 0 aliphatic rings. The second-order valence-corrected chi connectivity index (χ2v) is 6.11. The van der Waals surface area contributed by atoms with Crippen LogP contribution in [0.15, 0.2) is 89.5 Å². The fraction of sp³-hybridized carbons (Fsp3) is 0.0455.